The Kier molecular flexibility index (Phi) is 7.77. The van der Waals surface area contributed by atoms with E-state index in [2.05, 4.69) is 15.8 Å². The largest absolute Gasteiger partial charge is 0.371 e. The molecular weight excluding hydrogens is 448 g/mol. The topological polar surface area (TPSA) is 73.8 Å². The third-order valence-electron chi connectivity index (χ3n) is 6.04. The summed E-state index contributed by atoms with van der Waals surface area (Å²) in [6.07, 6.45) is 11.0. The number of piperidine rings is 1. The van der Waals surface area contributed by atoms with Gasteiger partial charge in [0.25, 0.3) is 0 Å². The van der Waals surface area contributed by atoms with E-state index in [1.54, 1.807) is 24.5 Å². The standard InChI is InChI=1S/C23H26N4O3S.ClH/c1-2-19-4-3-5-22(16-19)31(29,30)27-15-14-26(23(28)18-27)17-20-8-12-25(13-9-20)21-6-10-24-11-7-21;/h1,3-7,10-11,16,20H,8-9,12-15,17-18H2;1H. The van der Waals surface area contributed by atoms with Gasteiger partial charge in [-0.3, -0.25) is 9.78 Å². The molecule has 0 aliphatic carbocycles. The molecule has 32 heavy (non-hydrogen) atoms. The van der Waals surface area contributed by atoms with Crippen LogP contribution in [-0.4, -0.2) is 67.8 Å². The molecule has 2 aliphatic heterocycles. The van der Waals surface area contributed by atoms with Crippen molar-refractivity contribution in [3.05, 3.63) is 54.4 Å². The van der Waals surface area contributed by atoms with E-state index >= 15 is 0 Å². The number of carbonyl (C=O) groups excluding carboxylic acids is 1. The number of pyridine rings is 1. The first kappa shape index (κ1) is 24.1. The lowest BCUT2D eigenvalue weighted by atomic mass is 9.95. The summed E-state index contributed by atoms with van der Waals surface area (Å²) in [7, 11) is -3.74. The summed E-state index contributed by atoms with van der Waals surface area (Å²) in [4.78, 5) is 21.1. The van der Waals surface area contributed by atoms with Crippen LogP contribution in [-0.2, 0) is 14.8 Å². The first-order valence-electron chi connectivity index (χ1n) is 10.5. The normalized spacial score (nSPS) is 18.2. The van der Waals surface area contributed by atoms with E-state index in [-0.39, 0.29) is 29.8 Å². The van der Waals surface area contributed by atoms with Crippen molar-refractivity contribution in [3.63, 3.8) is 0 Å². The molecule has 1 aromatic carbocycles. The van der Waals surface area contributed by atoms with Gasteiger partial charge in [0.15, 0.2) is 0 Å². The molecule has 0 N–H and O–H groups in total. The average Bonchev–Trinajstić information content (AvgIpc) is 2.81. The number of aromatic nitrogens is 1. The number of amides is 1. The smallest absolute Gasteiger partial charge is 0.243 e. The van der Waals surface area contributed by atoms with Crippen LogP contribution < -0.4 is 4.90 Å². The fraction of sp³-hybridized carbons (Fsp3) is 0.391. The molecule has 3 heterocycles. The number of terminal acetylenes is 1. The van der Waals surface area contributed by atoms with Crippen molar-refractivity contribution < 1.29 is 13.2 Å². The molecule has 2 fully saturated rings. The Morgan fingerprint density at radius 1 is 1.06 bits per heavy atom. The van der Waals surface area contributed by atoms with Crippen LogP contribution in [0.5, 0.6) is 0 Å². The molecule has 0 bridgehead atoms. The van der Waals surface area contributed by atoms with E-state index in [0.29, 0.717) is 31.1 Å². The SMILES string of the molecule is C#Cc1cccc(S(=O)(=O)N2CCN(CC3CCN(c4ccncc4)CC3)C(=O)C2)c1.Cl. The lowest BCUT2D eigenvalue weighted by Crippen LogP contribution is -2.53. The summed E-state index contributed by atoms with van der Waals surface area (Å²) in [6, 6.07) is 10.3. The van der Waals surface area contributed by atoms with Crippen molar-refractivity contribution in [2.45, 2.75) is 17.7 Å². The molecule has 2 aliphatic rings. The van der Waals surface area contributed by atoms with Crippen LogP contribution in [0.2, 0.25) is 0 Å². The highest BCUT2D eigenvalue weighted by Gasteiger charge is 2.34. The molecule has 4 rings (SSSR count). The lowest BCUT2D eigenvalue weighted by Gasteiger charge is -2.38. The molecule has 0 atom stereocenters. The minimum absolute atomic E-state index is 0. The molecule has 0 radical (unpaired) electrons. The van der Waals surface area contributed by atoms with E-state index in [9.17, 15) is 13.2 Å². The maximum Gasteiger partial charge on any atom is 0.243 e. The number of carbonyl (C=O) groups is 1. The van der Waals surface area contributed by atoms with Crippen LogP contribution in [0.1, 0.15) is 18.4 Å². The van der Waals surface area contributed by atoms with E-state index in [0.717, 1.165) is 25.9 Å². The molecular formula is C23H27ClN4O3S. The number of benzene rings is 1. The van der Waals surface area contributed by atoms with Gasteiger partial charge in [-0.1, -0.05) is 12.0 Å². The quantitative estimate of drug-likeness (QED) is 0.621. The number of nitrogens with zero attached hydrogens (tertiary/aromatic N) is 4. The zero-order valence-corrected chi connectivity index (χ0v) is 19.4. The van der Waals surface area contributed by atoms with Crippen LogP contribution in [0.25, 0.3) is 0 Å². The van der Waals surface area contributed by atoms with Gasteiger partial charge in [0.05, 0.1) is 11.4 Å². The zero-order chi connectivity index (χ0) is 21.8. The third kappa shape index (κ3) is 5.23. The molecule has 0 unspecified atom stereocenters. The molecule has 170 valence electrons. The summed E-state index contributed by atoms with van der Waals surface area (Å²) in [5.41, 5.74) is 1.68. The van der Waals surface area contributed by atoms with Crippen molar-refractivity contribution in [1.29, 1.82) is 0 Å². The number of hydrogen-bond acceptors (Lipinski definition) is 5. The van der Waals surface area contributed by atoms with Crippen LogP contribution in [0, 0.1) is 18.3 Å². The predicted molar refractivity (Wildman–Crippen MR) is 126 cm³/mol. The fourth-order valence-corrected chi connectivity index (χ4v) is 5.65. The van der Waals surface area contributed by atoms with Crippen molar-refractivity contribution in [2.24, 2.45) is 5.92 Å². The summed E-state index contributed by atoms with van der Waals surface area (Å²) >= 11 is 0. The van der Waals surface area contributed by atoms with Gasteiger partial charge in [0, 0.05) is 56.4 Å². The van der Waals surface area contributed by atoms with E-state index in [1.807, 2.05) is 17.0 Å². The molecule has 2 aromatic rings. The van der Waals surface area contributed by atoms with Gasteiger partial charge < -0.3 is 9.80 Å². The second kappa shape index (κ2) is 10.3. The Labute approximate surface area is 195 Å². The maximum atomic E-state index is 12.9. The first-order chi connectivity index (χ1) is 15.0. The number of sulfonamides is 1. The Hall–Kier alpha value is -2.60. The Morgan fingerprint density at radius 2 is 1.78 bits per heavy atom. The number of halogens is 1. The van der Waals surface area contributed by atoms with Gasteiger partial charge in [0.1, 0.15) is 0 Å². The summed E-state index contributed by atoms with van der Waals surface area (Å²) < 4.78 is 27.1. The molecule has 2 saturated heterocycles. The van der Waals surface area contributed by atoms with Gasteiger partial charge in [-0.2, -0.15) is 4.31 Å². The predicted octanol–water partition coefficient (Wildman–Crippen LogP) is 2.23. The lowest BCUT2D eigenvalue weighted by molar-refractivity contribution is -0.134. The number of rotatable bonds is 5. The number of hydrogen-bond donors (Lipinski definition) is 0. The third-order valence-corrected chi connectivity index (χ3v) is 7.88. The Balaban J connectivity index is 0.00000289. The minimum Gasteiger partial charge on any atom is -0.371 e. The van der Waals surface area contributed by atoms with Crippen LogP contribution in [0.3, 0.4) is 0 Å². The van der Waals surface area contributed by atoms with Crippen molar-refractivity contribution >= 4 is 34.0 Å². The second-order valence-electron chi connectivity index (χ2n) is 7.99. The number of piperazine rings is 1. The molecule has 9 heteroatoms. The van der Waals surface area contributed by atoms with E-state index < -0.39 is 10.0 Å². The molecule has 0 spiro atoms. The second-order valence-corrected chi connectivity index (χ2v) is 9.92. The summed E-state index contributed by atoms with van der Waals surface area (Å²) in [5.74, 6) is 2.74. The van der Waals surface area contributed by atoms with E-state index in [1.165, 1.54) is 22.1 Å². The highest BCUT2D eigenvalue weighted by molar-refractivity contribution is 7.89. The van der Waals surface area contributed by atoms with Crippen molar-refractivity contribution in [2.75, 3.05) is 44.2 Å². The Bertz CT molecular complexity index is 1080. The van der Waals surface area contributed by atoms with Crippen LogP contribution in [0.4, 0.5) is 5.69 Å². The monoisotopic (exact) mass is 474 g/mol. The highest BCUT2D eigenvalue weighted by atomic mass is 35.5. The summed E-state index contributed by atoms with van der Waals surface area (Å²) in [6.45, 7) is 3.16. The molecule has 7 nitrogen and oxygen atoms in total. The van der Waals surface area contributed by atoms with E-state index in [4.69, 9.17) is 6.42 Å². The average molecular weight is 475 g/mol. The van der Waals surface area contributed by atoms with Gasteiger partial charge in [0.2, 0.25) is 15.9 Å². The van der Waals surface area contributed by atoms with Gasteiger partial charge >= 0.3 is 0 Å². The fourth-order valence-electron chi connectivity index (χ4n) is 4.22. The van der Waals surface area contributed by atoms with Gasteiger partial charge in [-0.05, 0) is 49.1 Å². The van der Waals surface area contributed by atoms with Crippen LogP contribution in [0.15, 0.2) is 53.7 Å². The zero-order valence-electron chi connectivity index (χ0n) is 17.8. The number of anilines is 1. The van der Waals surface area contributed by atoms with Gasteiger partial charge in [-0.25, -0.2) is 8.42 Å². The van der Waals surface area contributed by atoms with Crippen molar-refractivity contribution in [1.82, 2.24) is 14.2 Å². The molecule has 0 saturated carbocycles. The molecule has 1 amide bonds. The molecule has 1 aromatic heterocycles. The van der Waals surface area contributed by atoms with Gasteiger partial charge in [-0.15, -0.1) is 18.8 Å². The van der Waals surface area contributed by atoms with Crippen LogP contribution >= 0.6 is 12.4 Å². The Morgan fingerprint density at radius 3 is 2.44 bits per heavy atom. The summed E-state index contributed by atoms with van der Waals surface area (Å²) in [5, 5.41) is 0. The maximum absolute atomic E-state index is 12.9. The first-order valence-corrected chi connectivity index (χ1v) is 11.9. The highest BCUT2D eigenvalue weighted by Crippen LogP contribution is 2.25. The van der Waals surface area contributed by atoms with Crippen molar-refractivity contribution in [3.8, 4) is 12.3 Å². The minimum atomic E-state index is -3.74.